The number of fused-ring (bicyclic) bond motifs is 2. The van der Waals surface area contributed by atoms with Gasteiger partial charge in [-0.3, -0.25) is 0 Å². The summed E-state index contributed by atoms with van der Waals surface area (Å²) in [6.07, 6.45) is 2.25. The maximum Gasteiger partial charge on any atom is 0.204 e. The average molecular weight is 381 g/mol. The van der Waals surface area contributed by atoms with E-state index in [0.717, 1.165) is 31.5 Å². The number of aromatic amines is 1. The minimum atomic E-state index is 0.541. The normalized spacial score (nSPS) is 13.9. The van der Waals surface area contributed by atoms with Crippen molar-refractivity contribution < 1.29 is 0 Å². The molecule has 1 aliphatic heterocycles. The number of nitrogens with zero attached hydrogens (tertiary/aromatic N) is 4. The van der Waals surface area contributed by atoms with Crippen LogP contribution < -0.4 is 10.2 Å². The van der Waals surface area contributed by atoms with Crippen LogP contribution in [-0.2, 0) is 0 Å². The Morgan fingerprint density at radius 1 is 1.11 bits per heavy atom. The Balaban J connectivity index is 1.66. The topological polar surface area (TPSA) is 69.7 Å². The number of anilines is 2. The van der Waals surface area contributed by atoms with Crippen molar-refractivity contribution in [3.05, 3.63) is 42.5 Å². The molecule has 0 fully saturated rings. The molecule has 1 aromatic heterocycles. The Kier molecular flexibility index (Phi) is 5.40. The van der Waals surface area contributed by atoms with Gasteiger partial charge in [0.15, 0.2) is 0 Å². The van der Waals surface area contributed by atoms with Crippen molar-refractivity contribution in [1.82, 2.24) is 25.9 Å². The van der Waals surface area contributed by atoms with E-state index in [1.54, 1.807) is 11.8 Å². The number of para-hydroxylation sites is 1. The van der Waals surface area contributed by atoms with Gasteiger partial charge in [0.25, 0.3) is 0 Å². The van der Waals surface area contributed by atoms with E-state index in [1.165, 1.54) is 21.2 Å². The largest absolute Gasteiger partial charge is 0.340 e. The molecule has 140 valence electrons. The van der Waals surface area contributed by atoms with Crippen LogP contribution in [0.3, 0.4) is 0 Å². The summed E-state index contributed by atoms with van der Waals surface area (Å²) in [6.45, 7) is 6.41. The third-order valence-corrected chi connectivity index (χ3v) is 6.03. The maximum atomic E-state index is 4.11. The zero-order valence-corrected chi connectivity index (χ0v) is 16.5. The summed E-state index contributed by atoms with van der Waals surface area (Å²) in [6, 6.07) is 15.6. The maximum absolute atomic E-state index is 4.11. The summed E-state index contributed by atoms with van der Waals surface area (Å²) in [5.74, 6) is 0.627. The van der Waals surface area contributed by atoms with Crippen LogP contribution in [0.5, 0.6) is 0 Å². The predicted octanol–water partition coefficient (Wildman–Crippen LogP) is 4.25. The molecule has 0 radical (unpaired) electrons. The number of hydrogen-bond acceptors (Lipinski definition) is 6. The van der Waals surface area contributed by atoms with E-state index in [0.29, 0.717) is 11.9 Å². The van der Waals surface area contributed by atoms with Crippen LogP contribution in [0, 0.1) is 0 Å². The highest BCUT2D eigenvalue weighted by molar-refractivity contribution is 7.99. The monoisotopic (exact) mass is 380 g/mol. The van der Waals surface area contributed by atoms with Gasteiger partial charge in [0, 0.05) is 27.9 Å². The molecule has 2 heterocycles. The summed E-state index contributed by atoms with van der Waals surface area (Å²) >= 11 is 1.80. The smallest absolute Gasteiger partial charge is 0.204 e. The lowest BCUT2D eigenvalue weighted by Gasteiger charge is -2.34. The first-order valence-electron chi connectivity index (χ1n) is 9.45. The molecule has 27 heavy (non-hydrogen) atoms. The summed E-state index contributed by atoms with van der Waals surface area (Å²) in [5.41, 5.74) is 3.51. The lowest BCUT2D eigenvalue weighted by atomic mass is 10.1. The number of H-pyrrole nitrogens is 1. The standard InChI is InChI=1S/C20H24N6S/c1-3-15(21-4-2)11-12-26-16-7-5-6-8-18(16)27-19-13-14(9-10-17(19)26)20-22-24-25-23-20/h5-10,13,15,21H,3-4,11-12H2,1-2H3,(H,22,23,24,25). The summed E-state index contributed by atoms with van der Waals surface area (Å²) < 4.78 is 0. The molecule has 1 unspecified atom stereocenters. The molecule has 3 aromatic rings. The first kappa shape index (κ1) is 18.0. The predicted molar refractivity (Wildman–Crippen MR) is 110 cm³/mol. The van der Waals surface area contributed by atoms with Crippen molar-refractivity contribution in [2.24, 2.45) is 0 Å². The van der Waals surface area contributed by atoms with Gasteiger partial charge in [-0.05, 0) is 54.9 Å². The highest BCUT2D eigenvalue weighted by atomic mass is 32.2. The Labute approximate surface area is 163 Å². The first-order chi connectivity index (χ1) is 13.3. The second-order valence-electron chi connectivity index (χ2n) is 6.59. The molecule has 0 amide bonds. The fourth-order valence-electron chi connectivity index (χ4n) is 3.52. The van der Waals surface area contributed by atoms with Gasteiger partial charge in [-0.25, -0.2) is 0 Å². The number of benzene rings is 2. The Morgan fingerprint density at radius 3 is 2.74 bits per heavy atom. The van der Waals surface area contributed by atoms with Crippen LogP contribution in [0.4, 0.5) is 11.4 Å². The number of hydrogen-bond donors (Lipinski definition) is 2. The molecule has 4 rings (SSSR count). The molecule has 2 N–H and O–H groups in total. The fourth-order valence-corrected chi connectivity index (χ4v) is 4.66. The number of nitrogens with one attached hydrogen (secondary N) is 2. The minimum absolute atomic E-state index is 0.541. The lowest BCUT2D eigenvalue weighted by Crippen LogP contribution is -2.33. The number of rotatable bonds is 7. The van der Waals surface area contributed by atoms with Crippen molar-refractivity contribution >= 4 is 23.1 Å². The molecular weight excluding hydrogens is 356 g/mol. The van der Waals surface area contributed by atoms with E-state index < -0.39 is 0 Å². The second-order valence-corrected chi connectivity index (χ2v) is 7.67. The summed E-state index contributed by atoms with van der Waals surface area (Å²) in [5, 5.41) is 18.0. The van der Waals surface area contributed by atoms with Crippen LogP contribution in [0.2, 0.25) is 0 Å². The van der Waals surface area contributed by atoms with Gasteiger partial charge in [0.2, 0.25) is 5.82 Å². The SMILES string of the molecule is CCNC(CC)CCN1c2ccccc2Sc2cc(-c3nn[nH]n3)ccc21. The van der Waals surface area contributed by atoms with E-state index in [9.17, 15) is 0 Å². The van der Waals surface area contributed by atoms with E-state index >= 15 is 0 Å². The van der Waals surface area contributed by atoms with Crippen molar-refractivity contribution in [2.75, 3.05) is 18.0 Å². The molecule has 0 spiro atoms. The molecule has 1 aliphatic rings. The van der Waals surface area contributed by atoms with Crippen LogP contribution in [0.25, 0.3) is 11.4 Å². The fraction of sp³-hybridized carbons (Fsp3) is 0.350. The Hall–Kier alpha value is -2.38. The van der Waals surface area contributed by atoms with Gasteiger partial charge in [-0.2, -0.15) is 5.21 Å². The second kappa shape index (κ2) is 8.10. The van der Waals surface area contributed by atoms with E-state index in [-0.39, 0.29) is 0 Å². The van der Waals surface area contributed by atoms with Crippen LogP contribution >= 0.6 is 11.8 Å². The number of tetrazole rings is 1. The molecule has 0 bridgehead atoms. The van der Waals surface area contributed by atoms with Gasteiger partial charge in [-0.1, -0.05) is 37.7 Å². The lowest BCUT2D eigenvalue weighted by molar-refractivity contribution is 0.484. The molecule has 6 nitrogen and oxygen atoms in total. The quantitative estimate of drug-likeness (QED) is 0.639. The molecule has 1 atom stereocenters. The van der Waals surface area contributed by atoms with Crippen molar-refractivity contribution in [1.29, 1.82) is 0 Å². The third kappa shape index (κ3) is 3.70. The molecule has 0 saturated carbocycles. The number of aromatic nitrogens is 4. The molecule has 2 aromatic carbocycles. The molecule has 7 heteroatoms. The Bertz CT molecular complexity index is 895. The van der Waals surface area contributed by atoms with E-state index in [2.05, 4.69) is 87.2 Å². The van der Waals surface area contributed by atoms with Crippen LogP contribution in [0.1, 0.15) is 26.7 Å². The van der Waals surface area contributed by atoms with Gasteiger partial charge in [0.1, 0.15) is 0 Å². The van der Waals surface area contributed by atoms with Gasteiger partial charge in [0.05, 0.1) is 11.4 Å². The third-order valence-electron chi connectivity index (χ3n) is 4.92. The van der Waals surface area contributed by atoms with Crippen molar-refractivity contribution in [3.63, 3.8) is 0 Å². The molecule has 0 saturated heterocycles. The van der Waals surface area contributed by atoms with Crippen LogP contribution in [-0.4, -0.2) is 39.8 Å². The van der Waals surface area contributed by atoms with E-state index in [4.69, 9.17) is 0 Å². The minimum Gasteiger partial charge on any atom is -0.340 e. The zero-order valence-electron chi connectivity index (χ0n) is 15.6. The summed E-state index contributed by atoms with van der Waals surface area (Å²) in [4.78, 5) is 4.96. The average Bonchev–Trinajstić information content (AvgIpc) is 3.24. The summed E-state index contributed by atoms with van der Waals surface area (Å²) in [7, 11) is 0. The van der Waals surface area contributed by atoms with Gasteiger partial charge in [-0.15, -0.1) is 10.2 Å². The highest BCUT2D eigenvalue weighted by Gasteiger charge is 2.24. The highest BCUT2D eigenvalue weighted by Crippen LogP contribution is 2.48. The van der Waals surface area contributed by atoms with Gasteiger partial charge >= 0.3 is 0 Å². The van der Waals surface area contributed by atoms with Crippen LogP contribution in [0.15, 0.2) is 52.3 Å². The van der Waals surface area contributed by atoms with E-state index in [1.807, 2.05) is 0 Å². The van der Waals surface area contributed by atoms with Gasteiger partial charge < -0.3 is 10.2 Å². The Morgan fingerprint density at radius 2 is 1.96 bits per heavy atom. The molecular formula is C20H24N6S. The van der Waals surface area contributed by atoms with Crippen molar-refractivity contribution in [2.45, 2.75) is 42.5 Å². The molecule has 0 aliphatic carbocycles. The zero-order chi connectivity index (χ0) is 18.6. The first-order valence-corrected chi connectivity index (χ1v) is 10.3. The van der Waals surface area contributed by atoms with Crippen molar-refractivity contribution in [3.8, 4) is 11.4 Å².